The lowest BCUT2D eigenvalue weighted by Crippen LogP contribution is -2.30. The second kappa shape index (κ2) is 7.75. The summed E-state index contributed by atoms with van der Waals surface area (Å²) in [6, 6.07) is 0. The quantitative estimate of drug-likeness (QED) is 0.287. The number of nitrogens with two attached hydrogens (primary N) is 1. The highest BCUT2D eigenvalue weighted by Gasteiger charge is 1.91. The smallest absolute Gasteiger partial charge is 0.271 e. The van der Waals surface area contributed by atoms with E-state index >= 15 is 0 Å². The molecule has 3 N–H and O–H groups in total. The first-order chi connectivity index (χ1) is 5.31. The first-order valence-corrected chi connectivity index (χ1v) is 4.35. The van der Waals surface area contributed by atoms with E-state index in [4.69, 9.17) is 10.6 Å². The molecular weight excluding hydrogens is 160 g/mol. The Kier molecular flexibility index (Phi) is 7.51. The summed E-state index contributed by atoms with van der Waals surface area (Å²) in [5.41, 5.74) is 2.27. The van der Waals surface area contributed by atoms with Gasteiger partial charge in [-0.15, -0.1) is 0 Å². The molecule has 66 valence electrons. The van der Waals surface area contributed by atoms with Gasteiger partial charge in [0.25, 0.3) is 5.17 Å². The van der Waals surface area contributed by atoms with Gasteiger partial charge in [-0.1, -0.05) is 26.2 Å². The zero-order valence-corrected chi connectivity index (χ0v) is 7.75. The Morgan fingerprint density at radius 2 is 2.18 bits per heavy atom. The third kappa shape index (κ3) is 7.55. The molecule has 0 atom stereocenters. The van der Waals surface area contributed by atoms with Gasteiger partial charge in [0.05, 0.1) is 6.61 Å². The molecule has 0 aromatic carbocycles. The minimum absolute atomic E-state index is 0.279. The molecule has 0 rings (SSSR count). The summed E-state index contributed by atoms with van der Waals surface area (Å²) in [7, 11) is 0. The lowest BCUT2D eigenvalue weighted by molar-refractivity contribution is 0.287. The Balaban J connectivity index is 2.95. The van der Waals surface area contributed by atoms with Gasteiger partial charge >= 0.3 is 0 Å². The van der Waals surface area contributed by atoms with E-state index in [0.717, 1.165) is 6.42 Å². The van der Waals surface area contributed by atoms with Crippen LogP contribution >= 0.6 is 12.2 Å². The van der Waals surface area contributed by atoms with E-state index < -0.39 is 0 Å². The van der Waals surface area contributed by atoms with Crippen LogP contribution in [0.4, 0.5) is 0 Å². The van der Waals surface area contributed by atoms with E-state index in [1.165, 1.54) is 19.3 Å². The van der Waals surface area contributed by atoms with Gasteiger partial charge < -0.3 is 4.74 Å². The van der Waals surface area contributed by atoms with E-state index in [1.807, 2.05) is 0 Å². The maximum Gasteiger partial charge on any atom is 0.271 e. The molecule has 0 radical (unpaired) electrons. The first-order valence-electron chi connectivity index (χ1n) is 3.94. The van der Waals surface area contributed by atoms with Crippen LogP contribution in [0.15, 0.2) is 0 Å². The van der Waals surface area contributed by atoms with Crippen LogP contribution < -0.4 is 11.3 Å². The van der Waals surface area contributed by atoms with Crippen molar-refractivity contribution in [3.8, 4) is 0 Å². The third-order valence-electron chi connectivity index (χ3n) is 1.35. The first kappa shape index (κ1) is 10.7. The highest BCUT2D eigenvalue weighted by Crippen LogP contribution is 1.98. The van der Waals surface area contributed by atoms with Gasteiger partial charge in [-0.25, -0.2) is 5.84 Å². The number of hydrogen-bond acceptors (Lipinski definition) is 3. The lowest BCUT2D eigenvalue weighted by atomic mass is 10.2. The maximum absolute atomic E-state index is 5.03. The van der Waals surface area contributed by atoms with Crippen LogP contribution in [-0.4, -0.2) is 11.8 Å². The number of thiocarbonyl (C=S) groups is 1. The molecule has 0 saturated heterocycles. The zero-order valence-electron chi connectivity index (χ0n) is 6.93. The van der Waals surface area contributed by atoms with Crippen LogP contribution in [0, 0.1) is 0 Å². The normalized spacial score (nSPS) is 9.27. The minimum atomic E-state index is 0.279. The maximum atomic E-state index is 5.03. The molecule has 0 spiro atoms. The summed E-state index contributed by atoms with van der Waals surface area (Å²) < 4.78 is 5.03. The second-order valence-electron chi connectivity index (χ2n) is 2.34. The van der Waals surface area contributed by atoms with Crippen LogP contribution in [-0.2, 0) is 4.74 Å². The Morgan fingerprint density at radius 3 is 2.73 bits per heavy atom. The Labute approximate surface area is 73.3 Å². The standard InChI is InChI=1S/C7H16N2OS/c1-2-3-4-5-6-10-7(11)9-8/h2-6,8H2,1H3,(H,9,11). The summed E-state index contributed by atoms with van der Waals surface area (Å²) in [4.78, 5) is 0. The van der Waals surface area contributed by atoms with Crippen molar-refractivity contribution in [3.63, 3.8) is 0 Å². The fourth-order valence-electron chi connectivity index (χ4n) is 0.735. The van der Waals surface area contributed by atoms with E-state index in [2.05, 4.69) is 24.6 Å². The highest BCUT2D eigenvalue weighted by molar-refractivity contribution is 7.80. The van der Waals surface area contributed by atoms with Crippen LogP contribution in [0.5, 0.6) is 0 Å². The molecule has 0 aliphatic heterocycles. The molecule has 3 nitrogen and oxygen atoms in total. The monoisotopic (exact) mass is 176 g/mol. The average Bonchev–Trinajstić information content (AvgIpc) is 2.04. The van der Waals surface area contributed by atoms with Crippen LogP contribution in [0.25, 0.3) is 0 Å². The molecule has 0 saturated carbocycles. The van der Waals surface area contributed by atoms with Gasteiger partial charge in [-0.05, 0) is 18.6 Å². The zero-order chi connectivity index (χ0) is 8.53. The van der Waals surface area contributed by atoms with E-state index in [0.29, 0.717) is 6.61 Å². The molecule has 0 aromatic heterocycles. The molecule has 0 amide bonds. The van der Waals surface area contributed by atoms with E-state index in [9.17, 15) is 0 Å². The number of unbranched alkanes of at least 4 members (excludes halogenated alkanes) is 3. The molecule has 0 bridgehead atoms. The number of rotatable bonds is 5. The van der Waals surface area contributed by atoms with Crippen molar-refractivity contribution in [1.29, 1.82) is 0 Å². The summed E-state index contributed by atoms with van der Waals surface area (Å²) in [6.45, 7) is 2.84. The minimum Gasteiger partial charge on any atom is -0.470 e. The summed E-state index contributed by atoms with van der Waals surface area (Å²) in [5.74, 6) is 5.00. The van der Waals surface area contributed by atoms with Gasteiger partial charge in [0.2, 0.25) is 0 Å². The number of ether oxygens (including phenoxy) is 1. The van der Waals surface area contributed by atoms with E-state index in [-0.39, 0.29) is 5.17 Å². The summed E-state index contributed by atoms with van der Waals surface area (Å²) in [6.07, 6.45) is 4.74. The molecule has 0 aliphatic rings. The largest absolute Gasteiger partial charge is 0.470 e. The second-order valence-corrected chi connectivity index (χ2v) is 2.71. The molecule has 0 unspecified atom stereocenters. The third-order valence-corrected chi connectivity index (χ3v) is 1.58. The van der Waals surface area contributed by atoms with Gasteiger partial charge in [0.1, 0.15) is 0 Å². The van der Waals surface area contributed by atoms with Crippen molar-refractivity contribution in [3.05, 3.63) is 0 Å². The fourth-order valence-corrected chi connectivity index (χ4v) is 0.819. The van der Waals surface area contributed by atoms with Gasteiger partial charge in [-0.2, -0.15) is 0 Å². The van der Waals surface area contributed by atoms with Crippen molar-refractivity contribution >= 4 is 17.4 Å². The number of hydrogen-bond donors (Lipinski definition) is 2. The molecule has 0 aromatic rings. The highest BCUT2D eigenvalue weighted by atomic mass is 32.1. The average molecular weight is 176 g/mol. The molecule has 0 heterocycles. The van der Waals surface area contributed by atoms with Gasteiger partial charge in [0.15, 0.2) is 0 Å². The van der Waals surface area contributed by atoms with Crippen molar-refractivity contribution in [2.75, 3.05) is 6.61 Å². The van der Waals surface area contributed by atoms with Crippen LogP contribution in [0.1, 0.15) is 32.6 Å². The lowest BCUT2D eigenvalue weighted by Gasteiger charge is -2.04. The predicted octanol–water partition coefficient (Wildman–Crippen LogP) is 1.33. The molecule has 0 aliphatic carbocycles. The van der Waals surface area contributed by atoms with E-state index in [1.54, 1.807) is 0 Å². The number of hydrazine groups is 1. The number of nitrogens with one attached hydrogen (secondary N) is 1. The summed E-state index contributed by atoms with van der Waals surface area (Å²) >= 11 is 4.67. The Morgan fingerprint density at radius 1 is 1.45 bits per heavy atom. The van der Waals surface area contributed by atoms with Crippen LogP contribution in [0.3, 0.4) is 0 Å². The molecule has 4 heteroatoms. The van der Waals surface area contributed by atoms with Crippen molar-refractivity contribution in [2.45, 2.75) is 32.6 Å². The topological polar surface area (TPSA) is 47.3 Å². The molecule has 0 fully saturated rings. The Hall–Kier alpha value is -0.350. The SMILES string of the molecule is CCCCCCOC(=S)NN. The fraction of sp³-hybridized carbons (Fsp3) is 0.857. The van der Waals surface area contributed by atoms with Crippen molar-refractivity contribution < 1.29 is 4.74 Å². The van der Waals surface area contributed by atoms with Crippen LogP contribution in [0.2, 0.25) is 0 Å². The van der Waals surface area contributed by atoms with Crippen molar-refractivity contribution in [1.82, 2.24) is 5.43 Å². The Bertz CT molecular complexity index is 109. The van der Waals surface area contributed by atoms with Gasteiger partial charge in [0, 0.05) is 0 Å². The molecular formula is C7H16N2OS. The summed E-state index contributed by atoms with van der Waals surface area (Å²) in [5, 5.41) is 0.279. The van der Waals surface area contributed by atoms with Gasteiger partial charge in [-0.3, -0.25) is 5.43 Å². The molecule has 11 heavy (non-hydrogen) atoms. The predicted molar refractivity (Wildman–Crippen MR) is 50.0 cm³/mol. The van der Waals surface area contributed by atoms with Crippen molar-refractivity contribution in [2.24, 2.45) is 5.84 Å².